The molecule has 5 nitrogen and oxygen atoms in total. The molecule has 0 saturated heterocycles. The molecular formula is C15H22N4O. The first-order valence-corrected chi connectivity index (χ1v) is 7.00. The number of anilines is 1. The number of aromatic nitrogens is 3. The second-order valence-corrected chi connectivity index (χ2v) is 5.07. The first kappa shape index (κ1) is 14.5. The zero-order valence-corrected chi connectivity index (χ0v) is 12.1. The summed E-state index contributed by atoms with van der Waals surface area (Å²) in [6, 6.07) is 3.82. The molecule has 108 valence electrons. The van der Waals surface area contributed by atoms with Crippen LogP contribution in [0, 0.1) is 0 Å². The van der Waals surface area contributed by atoms with E-state index in [0.717, 1.165) is 37.3 Å². The molecule has 0 aliphatic carbocycles. The monoisotopic (exact) mass is 274 g/mol. The third-order valence-corrected chi connectivity index (χ3v) is 3.03. The summed E-state index contributed by atoms with van der Waals surface area (Å²) in [4.78, 5) is 8.24. The number of nitrogens with two attached hydrogens (primary N) is 1. The van der Waals surface area contributed by atoms with Crippen LogP contribution in [0.4, 0.5) is 5.82 Å². The number of nitrogen functional groups attached to an aromatic ring is 1. The number of nitrogens with zero attached hydrogens (tertiary/aromatic N) is 3. The van der Waals surface area contributed by atoms with Gasteiger partial charge in [0.05, 0.1) is 24.3 Å². The van der Waals surface area contributed by atoms with Gasteiger partial charge in [-0.15, -0.1) is 0 Å². The number of rotatable bonds is 7. The van der Waals surface area contributed by atoms with Gasteiger partial charge in [-0.2, -0.15) is 0 Å². The zero-order chi connectivity index (χ0) is 14.4. The van der Waals surface area contributed by atoms with E-state index in [1.54, 1.807) is 6.20 Å². The molecule has 2 aromatic heterocycles. The van der Waals surface area contributed by atoms with Gasteiger partial charge in [-0.25, -0.2) is 9.97 Å². The highest BCUT2D eigenvalue weighted by Gasteiger charge is 2.05. The minimum Gasteiger partial charge on any atom is -0.384 e. The maximum Gasteiger partial charge on any atom is 0.123 e. The van der Waals surface area contributed by atoms with Crippen molar-refractivity contribution in [3.05, 3.63) is 30.9 Å². The summed E-state index contributed by atoms with van der Waals surface area (Å²) >= 11 is 0. The van der Waals surface area contributed by atoms with E-state index in [2.05, 4.69) is 28.4 Å². The second kappa shape index (κ2) is 7.05. The van der Waals surface area contributed by atoms with Gasteiger partial charge in [0.1, 0.15) is 5.82 Å². The average molecular weight is 274 g/mol. The first-order valence-electron chi connectivity index (χ1n) is 7.00. The van der Waals surface area contributed by atoms with E-state index in [-0.39, 0.29) is 0 Å². The number of hydrogen-bond acceptors (Lipinski definition) is 4. The van der Waals surface area contributed by atoms with Gasteiger partial charge >= 0.3 is 0 Å². The van der Waals surface area contributed by atoms with Crippen molar-refractivity contribution in [3.63, 3.8) is 0 Å². The fourth-order valence-corrected chi connectivity index (χ4v) is 2.05. The third-order valence-electron chi connectivity index (χ3n) is 3.03. The summed E-state index contributed by atoms with van der Waals surface area (Å²) in [7, 11) is 0. The minimum atomic E-state index is 0.304. The fourth-order valence-electron chi connectivity index (χ4n) is 2.05. The van der Waals surface area contributed by atoms with E-state index < -0.39 is 0 Å². The van der Waals surface area contributed by atoms with Crippen LogP contribution in [0.2, 0.25) is 0 Å². The van der Waals surface area contributed by atoms with Crippen LogP contribution >= 0.6 is 0 Å². The van der Waals surface area contributed by atoms with Crippen LogP contribution in [-0.4, -0.2) is 27.2 Å². The molecule has 0 amide bonds. The number of unbranched alkanes of at least 4 members (excludes halogenated alkanes) is 1. The lowest BCUT2D eigenvalue weighted by Crippen LogP contribution is -2.05. The molecule has 0 saturated carbocycles. The van der Waals surface area contributed by atoms with Gasteiger partial charge < -0.3 is 15.0 Å². The number of ether oxygens (including phenoxy) is 1. The predicted molar refractivity (Wildman–Crippen MR) is 80.2 cm³/mol. The van der Waals surface area contributed by atoms with E-state index in [0.29, 0.717) is 11.9 Å². The third kappa shape index (κ3) is 4.06. The van der Waals surface area contributed by atoms with Gasteiger partial charge in [-0.3, -0.25) is 0 Å². The smallest absolute Gasteiger partial charge is 0.123 e. The van der Waals surface area contributed by atoms with Gasteiger partial charge in [0, 0.05) is 24.9 Å². The second-order valence-electron chi connectivity index (χ2n) is 5.07. The molecule has 2 aromatic rings. The summed E-state index contributed by atoms with van der Waals surface area (Å²) in [5.74, 6) is 0.528. The summed E-state index contributed by atoms with van der Waals surface area (Å²) in [6.07, 6.45) is 7.86. The lowest BCUT2D eigenvalue weighted by atomic mass is 10.2. The first-order chi connectivity index (χ1) is 9.66. The molecule has 0 aliphatic heterocycles. The molecule has 0 spiro atoms. The zero-order valence-electron chi connectivity index (χ0n) is 12.1. The Morgan fingerprint density at radius 2 is 2.20 bits per heavy atom. The molecule has 0 bridgehead atoms. The van der Waals surface area contributed by atoms with Crippen molar-refractivity contribution < 1.29 is 4.74 Å². The summed E-state index contributed by atoms with van der Waals surface area (Å²) < 4.78 is 7.69. The van der Waals surface area contributed by atoms with E-state index in [9.17, 15) is 0 Å². The summed E-state index contributed by atoms with van der Waals surface area (Å²) in [6.45, 7) is 5.85. The highest BCUT2D eigenvalue weighted by Crippen LogP contribution is 2.20. The Labute approximate surface area is 119 Å². The number of hydrogen-bond donors (Lipinski definition) is 1. The van der Waals surface area contributed by atoms with Crippen LogP contribution in [0.25, 0.3) is 11.3 Å². The molecule has 0 radical (unpaired) electrons. The fraction of sp³-hybridized carbons (Fsp3) is 0.467. The van der Waals surface area contributed by atoms with Crippen molar-refractivity contribution in [2.75, 3.05) is 12.3 Å². The molecule has 20 heavy (non-hydrogen) atoms. The molecule has 0 aliphatic rings. The Morgan fingerprint density at radius 1 is 1.35 bits per heavy atom. The van der Waals surface area contributed by atoms with Crippen molar-refractivity contribution in [2.24, 2.45) is 0 Å². The van der Waals surface area contributed by atoms with E-state index in [4.69, 9.17) is 10.5 Å². The van der Waals surface area contributed by atoms with Gasteiger partial charge in [0.2, 0.25) is 0 Å². The van der Waals surface area contributed by atoms with Crippen molar-refractivity contribution in [2.45, 2.75) is 39.3 Å². The standard InChI is InChI=1S/C15H22N4O/c1-12(2)20-8-4-3-7-19-11-17-10-14(19)13-5-6-18-15(16)9-13/h5-6,9-12H,3-4,7-8H2,1-2H3,(H2,16,18). The number of aryl methyl sites for hydroxylation is 1. The van der Waals surface area contributed by atoms with Crippen molar-refractivity contribution in [1.82, 2.24) is 14.5 Å². The summed E-state index contributed by atoms with van der Waals surface area (Å²) in [5, 5.41) is 0. The molecule has 0 unspecified atom stereocenters. The highest BCUT2D eigenvalue weighted by molar-refractivity contribution is 5.61. The predicted octanol–water partition coefficient (Wildman–Crippen LogP) is 2.73. The van der Waals surface area contributed by atoms with Crippen LogP contribution in [0.5, 0.6) is 0 Å². The molecular weight excluding hydrogens is 252 g/mol. The minimum absolute atomic E-state index is 0.304. The largest absolute Gasteiger partial charge is 0.384 e. The summed E-state index contributed by atoms with van der Waals surface area (Å²) in [5.41, 5.74) is 7.85. The van der Waals surface area contributed by atoms with Crippen LogP contribution in [-0.2, 0) is 11.3 Å². The van der Waals surface area contributed by atoms with Crippen molar-refractivity contribution >= 4 is 5.82 Å². The Kier molecular flexibility index (Phi) is 5.12. The highest BCUT2D eigenvalue weighted by atomic mass is 16.5. The topological polar surface area (TPSA) is 66.0 Å². The molecule has 2 heterocycles. The molecule has 0 aromatic carbocycles. The average Bonchev–Trinajstić information content (AvgIpc) is 2.86. The lowest BCUT2D eigenvalue weighted by molar-refractivity contribution is 0.0754. The van der Waals surface area contributed by atoms with Crippen LogP contribution in [0.3, 0.4) is 0 Å². The molecule has 2 rings (SSSR count). The SMILES string of the molecule is CC(C)OCCCCn1cncc1-c1ccnc(N)c1. The Bertz CT molecular complexity index is 536. The van der Waals surface area contributed by atoms with Crippen molar-refractivity contribution in [3.8, 4) is 11.3 Å². The normalized spacial score (nSPS) is 11.2. The number of pyridine rings is 1. The van der Waals surface area contributed by atoms with Crippen molar-refractivity contribution in [1.29, 1.82) is 0 Å². The molecule has 2 N–H and O–H groups in total. The van der Waals surface area contributed by atoms with E-state index in [1.807, 2.05) is 24.7 Å². The van der Waals surface area contributed by atoms with Gasteiger partial charge in [0.25, 0.3) is 0 Å². The maximum absolute atomic E-state index is 5.73. The Hall–Kier alpha value is -1.88. The van der Waals surface area contributed by atoms with Crippen LogP contribution < -0.4 is 5.73 Å². The van der Waals surface area contributed by atoms with E-state index >= 15 is 0 Å². The van der Waals surface area contributed by atoms with Gasteiger partial charge in [-0.05, 0) is 38.8 Å². The van der Waals surface area contributed by atoms with Gasteiger partial charge in [-0.1, -0.05) is 0 Å². The lowest BCUT2D eigenvalue weighted by Gasteiger charge is -2.10. The maximum atomic E-state index is 5.73. The Balaban J connectivity index is 1.92. The quantitative estimate of drug-likeness (QED) is 0.788. The van der Waals surface area contributed by atoms with Gasteiger partial charge in [0.15, 0.2) is 0 Å². The van der Waals surface area contributed by atoms with E-state index in [1.165, 1.54) is 0 Å². The van der Waals surface area contributed by atoms with Crippen LogP contribution in [0.1, 0.15) is 26.7 Å². The molecule has 5 heteroatoms. The van der Waals surface area contributed by atoms with Crippen LogP contribution in [0.15, 0.2) is 30.9 Å². The number of imidazole rings is 1. The Morgan fingerprint density at radius 3 is 2.95 bits per heavy atom. The molecule has 0 fully saturated rings. The molecule has 0 atom stereocenters.